The van der Waals surface area contributed by atoms with Gasteiger partial charge < -0.3 is 15.4 Å². The predicted molar refractivity (Wildman–Crippen MR) is 105 cm³/mol. The molecule has 0 saturated carbocycles. The number of halogens is 2. The first kappa shape index (κ1) is 18.2. The molecular weight excluding hydrogens is 373 g/mol. The quantitative estimate of drug-likeness (QED) is 0.615. The summed E-state index contributed by atoms with van der Waals surface area (Å²) >= 11 is 12.3. The average Bonchev–Trinajstić information content (AvgIpc) is 2.66. The van der Waals surface area contributed by atoms with Gasteiger partial charge >= 0.3 is 0 Å². The van der Waals surface area contributed by atoms with Gasteiger partial charge in [-0.3, -0.25) is 0 Å². The SMILES string of the molecule is COc1ccc(CCNc2nncc(Nc3c(Cl)cccc3Cl)n2)cc1. The molecular formula is C18H17Cl2N5O. The van der Waals surface area contributed by atoms with Gasteiger partial charge in [0.15, 0.2) is 5.82 Å². The van der Waals surface area contributed by atoms with Crippen LogP contribution in [-0.2, 0) is 6.42 Å². The molecule has 0 fully saturated rings. The van der Waals surface area contributed by atoms with Crippen molar-refractivity contribution in [3.8, 4) is 5.75 Å². The summed E-state index contributed by atoms with van der Waals surface area (Å²) in [5.74, 6) is 1.76. The lowest BCUT2D eigenvalue weighted by Crippen LogP contribution is -2.09. The van der Waals surface area contributed by atoms with Crippen molar-refractivity contribution in [3.05, 3.63) is 64.3 Å². The minimum atomic E-state index is 0.423. The van der Waals surface area contributed by atoms with Gasteiger partial charge in [-0.25, -0.2) is 0 Å². The van der Waals surface area contributed by atoms with Crippen LogP contribution in [0, 0.1) is 0 Å². The Morgan fingerprint density at radius 3 is 2.46 bits per heavy atom. The van der Waals surface area contributed by atoms with Gasteiger partial charge in [0.25, 0.3) is 0 Å². The van der Waals surface area contributed by atoms with Crippen molar-refractivity contribution < 1.29 is 4.74 Å². The van der Waals surface area contributed by atoms with Crippen molar-refractivity contribution in [1.29, 1.82) is 0 Å². The molecule has 0 unspecified atom stereocenters. The summed E-state index contributed by atoms with van der Waals surface area (Å²) in [6.07, 6.45) is 2.33. The second-order valence-electron chi connectivity index (χ2n) is 5.41. The van der Waals surface area contributed by atoms with Gasteiger partial charge in [0.2, 0.25) is 5.95 Å². The Bertz CT molecular complexity index is 853. The topological polar surface area (TPSA) is 72.0 Å². The highest BCUT2D eigenvalue weighted by atomic mass is 35.5. The largest absolute Gasteiger partial charge is 0.497 e. The third kappa shape index (κ3) is 4.74. The van der Waals surface area contributed by atoms with Crippen LogP contribution in [0.2, 0.25) is 10.0 Å². The van der Waals surface area contributed by atoms with Crippen molar-refractivity contribution in [2.24, 2.45) is 0 Å². The zero-order valence-electron chi connectivity index (χ0n) is 14.0. The van der Waals surface area contributed by atoms with Gasteiger partial charge in [-0.1, -0.05) is 41.4 Å². The lowest BCUT2D eigenvalue weighted by molar-refractivity contribution is 0.414. The summed E-state index contributed by atoms with van der Waals surface area (Å²) in [5.41, 5.74) is 1.77. The monoisotopic (exact) mass is 389 g/mol. The summed E-state index contributed by atoms with van der Waals surface area (Å²) in [4.78, 5) is 4.38. The third-order valence-electron chi connectivity index (χ3n) is 3.63. The third-order valence-corrected chi connectivity index (χ3v) is 4.26. The highest BCUT2D eigenvalue weighted by Crippen LogP contribution is 2.31. The van der Waals surface area contributed by atoms with Gasteiger partial charge in [0.1, 0.15) is 5.75 Å². The number of anilines is 3. The smallest absolute Gasteiger partial charge is 0.244 e. The number of benzene rings is 2. The maximum Gasteiger partial charge on any atom is 0.244 e. The molecule has 3 rings (SSSR count). The van der Waals surface area contributed by atoms with E-state index in [2.05, 4.69) is 25.8 Å². The molecule has 0 amide bonds. The molecule has 0 aliphatic rings. The highest BCUT2D eigenvalue weighted by molar-refractivity contribution is 6.39. The van der Waals surface area contributed by atoms with E-state index in [0.29, 0.717) is 34.0 Å². The Labute approximate surface area is 161 Å². The van der Waals surface area contributed by atoms with E-state index in [1.165, 1.54) is 11.8 Å². The molecule has 26 heavy (non-hydrogen) atoms. The van der Waals surface area contributed by atoms with Crippen LogP contribution in [-0.4, -0.2) is 28.8 Å². The molecule has 6 nitrogen and oxygen atoms in total. The van der Waals surface area contributed by atoms with Crippen LogP contribution in [0.5, 0.6) is 5.75 Å². The molecule has 2 aromatic carbocycles. The standard InChI is InChI=1S/C18H17Cl2N5O/c1-26-13-7-5-12(6-8-13)9-10-21-18-24-16(11-22-25-18)23-17-14(19)3-2-4-15(17)20/h2-8,11H,9-10H2,1H3,(H2,21,23,24,25). The van der Waals surface area contributed by atoms with E-state index in [-0.39, 0.29) is 0 Å². The summed E-state index contributed by atoms with van der Waals surface area (Å²) in [6.45, 7) is 0.671. The van der Waals surface area contributed by atoms with Crippen molar-refractivity contribution in [2.75, 3.05) is 24.3 Å². The molecule has 2 N–H and O–H groups in total. The number of hydrogen-bond acceptors (Lipinski definition) is 6. The summed E-state index contributed by atoms with van der Waals surface area (Å²) in [5, 5.41) is 15.2. The number of nitrogens with one attached hydrogen (secondary N) is 2. The van der Waals surface area contributed by atoms with Gasteiger partial charge in [0.05, 0.1) is 29.0 Å². The lowest BCUT2D eigenvalue weighted by atomic mass is 10.1. The number of ether oxygens (including phenoxy) is 1. The normalized spacial score (nSPS) is 10.4. The Balaban J connectivity index is 1.60. The summed E-state index contributed by atoms with van der Waals surface area (Å²) in [7, 11) is 1.65. The van der Waals surface area contributed by atoms with E-state index in [1.807, 2.05) is 24.3 Å². The van der Waals surface area contributed by atoms with E-state index in [4.69, 9.17) is 27.9 Å². The molecule has 0 aliphatic carbocycles. The van der Waals surface area contributed by atoms with Crippen LogP contribution in [0.15, 0.2) is 48.7 Å². The fraction of sp³-hybridized carbons (Fsp3) is 0.167. The lowest BCUT2D eigenvalue weighted by Gasteiger charge is -2.10. The zero-order valence-corrected chi connectivity index (χ0v) is 15.6. The fourth-order valence-electron chi connectivity index (χ4n) is 2.29. The van der Waals surface area contributed by atoms with E-state index in [1.54, 1.807) is 25.3 Å². The Morgan fingerprint density at radius 1 is 1.04 bits per heavy atom. The van der Waals surface area contributed by atoms with Crippen molar-refractivity contribution >= 4 is 40.7 Å². The first-order valence-corrected chi connectivity index (χ1v) is 8.69. The minimum Gasteiger partial charge on any atom is -0.497 e. The second-order valence-corrected chi connectivity index (χ2v) is 6.23. The Kier molecular flexibility index (Phi) is 6.09. The molecule has 1 aromatic heterocycles. The molecule has 0 bridgehead atoms. The summed E-state index contributed by atoms with van der Waals surface area (Å²) in [6, 6.07) is 13.2. The Morgan fingerprint density at radius 2 is 1.77 bits per heavy atom. The number of aromatic nitrogens is 3. The van der Waals surface area contributed by atoms with Crippen LogP contribution in [0.3, 0.4) is 0 Å². The molecule has 8 heteroatoms. The minimum absolute atomic E-state index is 0.423. The molecule has 1 heterocycles. The van der Waals surface area contributed by atoms with Crippen molar-refractivity contribution in [3.63, 3.8) is 0 Å². The molecule has 0 radical (unpaired) electrons. The summed E-state index contributed by atoms with van der Waals surface area (Å²) < 4.78 is 5.15. The number of rotatable bonds is 7. The van der Waals surface area contributed by atoms with E-state index in [0.717, 1.165) is 12.2 Å². The van der Waals surface area contributed by atoms with Crippen molar-refractivity contribution in [2.45, 2.75) is 6.42 Å². The molecule has 134 valence electrons. The average molecular weight is 390 g/mol. The first-order valence-electron chi connectivity index (χ1n) is 7.93. The number of methoxy groups -OCH3 is 1. The molecule has 0 aliphatic heterocycles. The van der Waals surface area contributed by atoms with Gasteiger partial charge in [-0.15, -0.1) is 5.10 Å². The van der Waals surface area contributed by atoms with E-state index in [9.17, 15) is 0 Å². The predicted octanol–water partition coefficient (Wildman–Crippen LogP) is 4.59. The van der Waals surface area contributed by atoms with Crippen LogP contribution in [0.25, 0.3) is 0 Å². The first-order chi connectivity index (χ1) is 12.7. The number of para-hydroxylation sites is 1. The Hall–Kier alpha value is -2.57. The number of hydrogen-bond donors (Lipinski definition) is 2. The zero-order chi connectivity index (χ0) is 18.4. The maximum atomic E-state index is 6.16. The number of nitrogens with zero attached hydrogens (tertiary/aromatic N) is 3. The van der Waals surface area contributed by atoms with E-state index < -0.39 is 0 Å². The van der Waals surface area contributed by atoms with Crippen LogP contribution in [0.4, 0.5) is 17.5 Å². The van der Waals surface area contributed by atoms with Gasteiger partial charge in [-0.2, -0.15) is 10.1 Å². The van der Waals surface area contributed by atoms with Gasteiger partial charge in [0, 0.05) is 6.54 Å². The van der Waals surface area contributed by atoms with Gasteiger partial charge in [-0.05, 0) is 36.2 Å². The fourth-order valence-corrected chi connectivity index (χ4v) is 2.79. The molecule has 0 saturated heterocycles. The van der Waals surface area contributed by atoms with Crippen molar-refractivity contribution in [1.82, 2.24) is 15.2 Å². The van der Waals surface area contributed by atoms with Crippen LogP contribution < -0.4 is 15.4 Å². The second kappa shape index (κ2) is 8.69. The maximum absolute atomic E-state index is 6.16. The molecule has 0 spiro atoms. The molecule has 3 aromatic rings. The van der Waals surface area contributed by atoms with E-state index >= 15 is 0 Å². The van der Waals surface area contributed by atoms with Crippen LogP contribution >= 0.6 is 23.2 Å². The highest BCUT2D eigenvalue weighted by Gasteiger charge is 2.07. The van der Waals surface area contributed by atoms with Crippen LogP contribution in [0.1, 0.15) is 5.56 Å². The molecule has 0 atom stereocenters.